The van der Waals surface area contributed by atoms with E-state index in [1.807, 2.05) is 97.1 Å². The molecule has 0 amide bonds. The van der Waals surface area contributed by atoms with E-state index in [9.17, 15) is 13.3 Å². The van der Waals surface area contributed by atoms with Gasteiger partial charge in [0.25, 0.3) is 0 Å². The molecule has 0 bridgehead atoms. The summed E-state index contributed by atoms with van der Waals surface area (Å²) >= 11 is 0. The zero-order chi connectivity index (χ0) is 39.5. The first kappa shape index (κ1) is 36.5. The van der Waals surface area contributed by atoms with E-state index in [2.05, 4.69) is 65.6 Å². The van der Waals surface area contributed by atoms with Crippen molar-refractivity contribution in [3.63, 3.8) is 0 Å². The highest BCUT2D eigenvalue weighted by atomic mass is 31.2. The molecule has 0 N–H and O–H groups in total. The first-order valence-electron chi connectivity index (χ1n) is 18.8. The summed E-state index contributed by atoms with van der Waals surface area (Å²) in [5.41, 5.74) is 8.49. The lowest BCUT2D eigenvalue weighted by molar-refractivity contribution is 0.592. The van der Waals surface area contributed by atoms with Gasteiger partial charge in [-0.05, 0) is 81.9 Å². The van der Waals surface area contributed by atoms with Gasteiger partial charge in [-0.2, -0.15) is 0 Å². The van der Waals surface area contributed by atoms with E-state index in [0.717, 1.165) is 54.9 Å². The quantitative estimate of drug-likeness (QED) is 0.137. The standard InChI is InChI=1S/C51H34F2N3OP/c52-44-29-23-42(24-30-44)50-54-49(55-51(56-50)43-25-31-45(53)32-26-43)41-21-19-39(20-22-41)37-13-11-35(12-14-37)36-15-17-38(18-16-36)40-27-33-48(34-28-40)58(57,46-7-3-1-4-8-46)47-9-5-2-6-10-47/h1-34H. The fourth-order valence-electron chi connectivity index (χ4n) is 7.07. The number of benzene rings is 8. The minimum atomic E-state index is -3.03. The highest BCUT2D eigenvalue weighted by Crippen LogP contribution is 2.42. The van der Waals surface area contributed by atoms with Gasteiger partial charge in [0.15, 0.2) is 24.6 Å². The van der Waals surface area contributed by atoms with Crippen LogP contribution in [0, 0.1) is 11.6 Å². The first-order chi connectivity index (χ1) is 28.4. The average molecular weight is 774 g/mol. The molecular formula is C51H34F2N3OP. The molecule has 0 saturated carbocycles. The van der Waals surface area contributed by atoms with E-state index >= 15 is 0 Å². The Morgan fingerprint density at radius 2 is 0.500 bits per heavy atom. The topological polar surface area (TPSA) is 55.7 Å². The van der Waals surface area contributed by atoms with Crippen LogP contribution in [0.15, 0.2) is 206 Å². The Labute approximate surface area is 335 Å². The third-order valence-corrected chi connectivity index (χ3v) is 13.3. The number of hydrogen-bond acceptors (Lipinski definition) is 4. The van der Waals surface area contributed by atoms with Crippen molar-refractivity contribution in [1.82, 2.24) is 15.0 Å². The molecule has 9 rings (SSSR count). The Kier molecular flexibility index (Phi) is 9.93. The lowest BCUT2D eigenvalue weighted by Gasteiger charge is -2.20. The Bertz CT molecular complexity index is 2760. The van der Waals surface area contributed by atoms with Gasteiger partial charge in [0.05, 0.1) is 0 Å². The Balaban J connectivity index is 0.932. The molecule has 1 heterocycles. The van der Waals surface area contributed by atoms with Crippen LogP contribution in [-0.4, -0.2) is 15.0 Å². The summed E-state index contributed by atoms with van der Waals surface area (Å²) in [4.78, 5) is 14.1. The largest absolute Gasteiger partial charge is 0.309 e. The van der Waals surface area contributed by atoms with Crippen molar-refractivity contribution in [3.05, 3.63) is 218 Å². The van der Waals surface area contributed by atoms with Gasteiger partial charge in [-0.1, -0.05) is 158 Å². The van der Waals surface area contributed by atoms with E-state index in [4.69, 9.17) is 9.97 Å². The molecule has 0 atom stereocenters. The molecule has 0 aliphatic rings. The molecular weight excluding hydrogens is 740 g/mol. The van der Waals surface area contributed by atoms with E-state index in [1.54, 1.807) is 24.3 Å². The van der Waals surface area contributed by atoms with Crippen LogP contribution in [0.25, 0.3) is 67.5 Å². The number of rotatable bonds is 9. The summed E-state index contributed by atoms with van der Waals surface area (Å²) in [6, 6.07) is 64.5. The molecule has 0 unspecified atom stereocenters. The predicted molar refractivity (Wildman–Crippen MR) is 232 cm³/mol. The van der Waals surface area contributed by atoms with Crippen LogP contribution in [0.5, 0.6) is 0 Å². The lowest BCUT2D eigenvalue weighted by atomic mass is 9.97. The number of nitrogens with zero attached hydrogens (tertiary/aromatic N) is 3. The molecule has 0 aliphatic carbocycles. The van der Waals surface area contributed by atoms with Crippen molar-refractivity contribution in [2.45, 2.75) is 0 Å². The number of hydrogen-bond donors (Lipinski definition) is 0. The number of aromatic nitrogens is 3. The monoisotopic (exact) mass is 773 g/mol. The minimum absolute atomic E-state index is 0.352. The molecule has 7 heteroatoms. The van der Waals surface area contributed by atoms with Crippen LogP contribution in [0.2, 0.25) is 0 Å². The zero-order valence-corrected chi connectivity index (χ0v) is 32.0. The molecule has 4 nitrogen and oxygen atoms in total. The molecule has 0 saturated heterocycles. The summed E-state index contributed by atoms with van der Waals surface area (Å²) in [6.45, 7) is 0. The molecule has 1 aromatic heterocycles. The highest BCUT2D eigenvalue weighted by Gasteiger charge is 2.29. The second-order valence-electron chi connectivity index (χ2n) is 13.9. The van der Waals surface area contributed by atoms with Gasteiger partial charge in [0, 0.05) is 32.6 Å². The van der Waals surface area contributed by atoms with Gasteiger partial charge in [-0.3, -0.25) is 0 Å². The summed E-state index contributed by atoms with van der Waals surface area (Å²) < 4.78 is 42.2. The Morgan fingerprint density at radius 3 is 0.793 bits per heavy atom. The third-order valence-electron chi connectivity index (χ3n) is 10.2. The fourth-order valence-corrected chi connectivity index (χ4v) is 9.72. The molecule has 58 heavy (non-hydrogen) atoms. The second kappa shape index (κ2) is 15.8. The summed E-state index contributed by atoms with van der Waals surface area (Å²) in [7, 11) is -3.03. The van der Waals surface area contributed by atoms with Crippen molar-refractivity contribution in [1.29, 1.82) is 0 Å². The van der Waals surface area contributed by atoms with E-state index < -0.39 is 7.14 Å². The van der Waals surface area contributed by atoms with Crippen molar-refractivity contribution in [3.8, 4) is 67.5 Å². The van der Waals surface area contributed by atoms with Crippen LogP contribution >= 0.6 is 7.14 Å². The Hall–Kier alpha value is -7.14. The van der Waals surface area contributed by atoms with Gasteiger partial charge in [-0.15, -0.1) is 0 Å². The van der Waals surface area contributed by atoms with Crippen LogP contribution in [-0.2, 0) is 4.57 Å². The maximum Gasteiger partial charge on any atom is 0.171 e. The zero-order valence-electron chi connectivity index (χ0n) is 31.1. The molecule has 8 aromatic carbocycles. The van der Waals surface area contributed by atoms with Crippen LogP contribution < -0.4 is 15.9 Å². The molecule has 9 aromatic rings. The average Bonchev–Trinajstić information content (AvgIpc) is 3.30. The van der Waals surface area contributed by atoms with Gasteiger partial charge in [0.2, 0.25) is 0 Å². The van der Waals surface area contributed by atoms with Crippen molar-refractivity contribution >= 4 is 23.1 Å². The minimum Gasteiger partial charge on any atom is -0.309 e. The first-order valence-corrected chi connectivity index (χ1v) is 20.5. The summed E-state index contributed by atoms with van der Waals surface area (Å²) in [5, 5.41) is 2.44. The predicted octanol–water partition coefficient (Wildman–Crippen LogP) is 11.8. The number of halogens is 2. The maximum absolute atomic E-state index is 14.8. The van der Waals surface area contributed by atoms with Crippen LogP contribution in [0.3, 0.4) is 0 Å². The van der Waals surface area contributed by atoms with Crippen molar-refractivity contribution < 1.29 is 13.3 Å². The SMILES string of the molecule is O=P(c1ccccc1)(c1ccccc1)c1ccc(-c2ccc(-c3ccc(-c4ccc(-c5nc(-c6ccc(F)cc6)nc(-c6ccc(F)cc6)n5)cc4)cc3)cc2)cc1. The third kappa shape index (κ3) is 7.41. The van der Waals surface area contributed by atoms with Gasteiger partial charge < -0.3 is 4.57 Å². The Morgan fingerprint density at radius 1 is 0.276 bits per heavy atom. The molecule has 278 valence electrons. The van der Waals surface area contributed by atoms with Crippen molar-refractivity contribution in [2.24, 2.45) is 0 Å². The van der Waals surface area contributed by atoms with E-state index in [-0.39, 0.29) is 11.6 Å². The summed E-state index contributed by atoms with van der Waals surface area (Å²) in [5.74, 6) is 0.534. The molecule has 0 fully saturated rings. The maximum atomic E-state index is 14.8. The van der Waals surface area contributed by atoms with E-state index in [0.29, 0.717) is 28.6 Å². The highest BCUT2D eigenvalue weighted by molar-refractivity contribution is 7.85. The summed E-state index contributed by atoms with van der Waals surface area (Å²) in [6.07, 6.45) is 0. The molecule has 0 aliphatic heterocycles. The van der Waals surface area contributed by atoms with Gasteiger partial charge in [0.1, 0.15) is 11.6 Å². The van der Waals surface area contributed by atoms with Crippen molar-refractivity contribution in [2.75, 3.05) is 0 Å². The molecule has 0 radical (unpaired) electrons. The lowest BCUT2D eigenvalue weighted by Crippen LogP contribution is -2.24. The van der Waals surface area contributed by atoms with Crippen LogP contribution in [0.4, 0.5) is 8.78 Å². The second-order valence-corrected chi connectivity index (χ2v) is 16.6. The fraction of sp³-hybridized carbons (Fsp3) is 0. The van der Waals surface area contributed by atoms with Gasteiger partial charge in [-0.25, -0.2) is 23.7 Å². The van der Waals surface area contributed by atoms with E-state index in [1.165, 1.54) is 24.3 Å². The van der Waals surface area contributed by atoms with Gasteiger partial charge >= 0.3 is 0 Å². The smallest absolute Gasteiger partial charge is 0.171 e. The normalized spacial score (nSPS) is 11.3. The van der Waals surface area contributed by atoms with Crippen LogP contribution in [0.1, 0.15) is 0 Å². The molecule has 0 spiro atoms.